The maximum atomic E-state index is 12.0. The van der Waals surface area contributed by atoms with Gasteiger partial charge in [0.15, 0.2) is 0 Å². The van der Waals surface area contributed by atoms with Gasteiger partial charge in [0.25, 0.3) is 0 Å². The molecule has 0 aliphatic rings. The second-order valence-corrected chi connectivity index (χ2v) is 3.63. The Morgan fingerprint density at radius 3 is 2.56 bits per heavy atom. The van der Waals surface area contributed by atoms with E-state index in [4.69, 9.17) is 10.3 Å². The lowest BCUT2D eigenvalue weighted by molar-refractivity contribution is -0.0498. The summed E-state index contributed by atoms with van der Waals surface area (Å²) in [5, 5.41) is 3.86. The van der Waals surface area contributed by atoms with Gasteiger partial charge < -0.3 is 15.0 Å². The SMILES string of the molecule is CCc1c(-c2ccc(OC(F)F)cc2)noc1N. The highest BCUT2D eigenvalue weighted by molar-refractivity contribution is 5.67. The Kier molecular flexibility index (Phi) is 3.45. The zero-order valence-electron chi connectivity index (χ0n) is 9.69. The summed E-state index contributed by atoms with van der Waals surface area (Å²) in [6.07, 6.45) is 0.681. The van der Waals surface area contributed by atoms with Crippen LogP contribution in [0.15, 0.2) is 28.8 Å². The molecule has 0 aliphatic heterocycles. The van der Waals surface area contributed by atoms with Gasteiger partial charge in [-0.2, -0.15) is 8.78 Å². The lowest BCUT2D eigenvalue weighted by Crippen LogP contribution is -2.01. The van der Waals surface area contributed by atoms with E-state index >= 15 is 0 Å². The van der Waals surface area contributed by atoms with Crippen LogP contribution in [0.1, 0.15) is 12.5 Å². The van der Waals surface area contributed by atoms with Gasteiger partial charge in [-0.05, 0) is 30.7 Å². The zero-order chi connectivity index (χ0) is 13.1. The molecular formula is C12H12F2N2O2. The number of ether oxygens (including phenoxy) is 1. The van der Waals surface area contributed by atoms with Gasteiger partial charge in [-0.25, -0.2) is 0 Å². The van der Waals surface area contributed by atoms with Gasteiger partial charge in [-0.1, -0.05) is 12.1 Å². The van der Waals surface area contributed by atoms with E-state index in [1.165, 1.54) is 12.1 Å². The van der Waals surface area contributed by atoms with Crippen LogP contribution in [0.4, 0.5) is 14.7 Å². The fourth-order valence-corrected chi connectivity index (χ4v) is 1.68. The molecule has 6 heteroatoms. The summed E-state index contributed by atoms with van der Waals surface area (Å²) in [5.41, 5.74) is 7.80. The lowest BCUT2D eigenvalue weighted by atomic mass is 10.1. The van der Waals surface area contributed by atoms with Crippen LogP contribution < -0.4 is 10.5 Å². The molecule has 0 aliphatic carbocycles. The molecule has 96 valence electrons. The Bertz CT molecular complexity index is 523. The third kappa shape index (κ3) is 2.42. The van der Waals surface area contributed by atoms with Crippen LogP contribution >= 0.6 is 0 Å². The number of hydrogen-bond acceptors (Lipinski definition) is 4. The van der Waals surface area contributed by atoms with E-state index in [0.717, 1.165) is 11.1 Å². The van der Waals surface area contributed by atoms with Gasteiger partial charge in [0.1, 0.15) is 11.4 Å². The number of aromatic nitrogens is 1. The molecule has 1 aromatic heterocycles. The number of nitrogen functional groups attached to an aromatic ring is 1. The molecule has 0 unspecified atom stereocenters. The molecule has 1 heterocycles. The van der Waals surface area contributed by atoms with E-state index in [2.05, 4.69) is 9.89 Å². The Hall–Kier alpha value is -2.11. The monoisotopic (exact) mass is 254 g/mol. The van der Waals surface area contributed by atoms with E-state index in [1.807, 2.05) is 6.92 Å². The molecule has 2 rings (SSSR count). The number of hydrogen-bond donors (Lipinski definition) is 1. The largest absolute Gasteiger partial charge is 0.435 e. The minimum atomic E-state index is -2.83. The highest BCUT2D eigenvalue weighted by Gasteiger charge is 2.14. The summed E-state index contributed by atoms with van der Waals surface area (Å²) in [7, 11) is 0. The van der Waals surface area contributed by atoms with Gasteiger partial charge in [-0.15, -0.1) is 0 Å². The van der Waals surface area contributed by atoms with E-state index < -0.39 is 6.61 Å². The van der Waals surface area contributed by atoms with Crippen molar-refractivity contribution in [3.63, 3.8) is 0 Å². The first kappa shape index (κ1) is 12.3. The molecule has 0 bridgehead atoms. The highest BCUT2D eigenvalue weighted by atomic mass is 19.3. The molecule has 1 aromatic carbocycles. The van der Waals surface area contributed by atoms with Crippen LogP contribution in [0.2, 0.25) is 0 Å². The van der Waals surface area contributed by atoms with Crippen molar-refractivity contribution >= 4 is 5.88 Å². The van der Waals surface area contributed by atoms with Gasteiger partial charge in [0, 0.05) is 11.1 Å². The van der Waals surface area contributed by atoms with Crippen molar-refractivity contribution in [2.75, 3.05) is 5.73 Å². The average molecular weight is 254 g/mol. The van der Waals surface area contributed by atoms with Gasteiger partial charge in [0.2, 0.25) is 5.88 Å². The third-order valence-corrected chi connectivity index (χ3v) is 2.53. The summed E-state index contributed by atoms with van der Waals surface area (Å²) in [6, 6.07) is 6.17. The summed E-state index contributed by atoms with van der Waals surface area (Å²) in [5.74, 6) is 0.378. The summed E-state index contributed by atoms with van der Waals surface area (Å²) < 4.78 is 33.2. The van der Waals surface area contributed by atoms with E-state index in [9.17, 15) is 8.78 Å². The Balaban J connectivity index is 2.28. The second-order valence-electron chi connectivity index (χ2n) is 3.63. The summed E-state index contributed by atoms with van der Waals surface area (Å²) in [4.78, 5) is 0. The topological polar surface area (TPSA) is 61.3 Å². The smallest absolute Gasteiger partial charge is 0.387 e. The van der Waals surface area contributed by atoms with Crippen LogP contribution in [0.3, 0.4) is 0 Å². The lowest BCUT2D eigenvalue weighted by Gasteiger charge is -2.05. The summed E-state index contributed by atoms with van der Waals surface area (Å²) >= 11 is 0. The van der Waals surface area contributed by atoms with Gasteiger partial charge >= 0.3 is 6.61 Å². The maximum Gasteiger partial charge on any atom is 0.387 e. The molecule has 0 saturated carbocycles. The standard InChI is InChI=1S/C12H12F2N2O2/c1-2-9-10(16-18-11(9)15)7-3-5-8(6-4-7)17-12(13)14/h3-6,12H,2,15H2,1H3. The maximum absolute atomic E-state index is 12.0. The molecule has 2 N–H and O–H groups in total. The molecule has 0 atom stereocenters. The zero-order valence-corrected chi connectivity index (χ0v) is 9.69. The minimum absolute atomic E-state index is 0.100. The fraction of sp³-hybridized carbons (Fsp3) is 0.250. The number of alkyl halides is 2. The first-order valence-corrected chi connectivity index (χ1v) is 5.41. The fourth-order valence-electron chi connectivity index (χ4n) is 1.68. The second kappa shape index (κ2) is 5.03. The quantitative estimate of drug-likeness (QED) is 0.910. The minimum Gasteiger partial charge on any atom is -0.435 e. The predicted octanol–water partition coefficient (Wildman–Crippen LogP) is 3.09. The van der Waals surface area contributed by atoms with E-state index in [0.29, 0.717) is 12.1 Å². The molecule has 0 radical (unpaired) electrons. The molecule has 0 spiro atoms. The van der Waals surface area contributed by atoms with Crippen LogP contribution in [-0.2, 0) is 6.42 Å². The van der Waals surface area contributed by atoms with Crippen molar-refractivity contribution in [1.29, 1.82) is 0 Å². The number of benzene rings is 1. The van der Waals surface area contributed by atoms with Crippen LogP contribution in [0, 0.1) is 0 Å². The normalized spacial score (nSPS) is 10.9. The average Bonchev–Trinajstić information content (AvgIpc) is 2.70. The van der Waals surface area contributed by atoms with Gasteiger partial charge in [0.05, 0.1) is 0 Å². The molecule has 0 fully saturated rings. The molecule has 4 nitrogen and oxygen atoms in total. The van der Waals surface area contributed by atoms with Crippen LogP contribution in [0.25, 0.3) is 11.3 Å². The van der Waals surface area contributed by atoms with Crippen molar-refractivity contribution in [2.45, 2.75) is 20.0 Å². The molecule has 2 aromatic rings. The first-order chi connectivity index (χ1) is 8.61. The molecule has 0 saturated heterocycles. The van der Waals surface area contributed by atoms with Crippen molar-refractivity contribution in [1.82, 2.24) is 5.16 Å². The Labute approximate surface area is 102 Å². The predicted molar refractivity (Wildman–Crippen MR) is 62.4 cm³/mol. The first-order valence-electron chi connectivity index (χ1n) is 5.41. The van der Waals surface area contributed by atoms with Crippen molar-refractivity contribution in [3.05, 3.63) is 29.8 Å². The molecule has 0 amide bonds. The van der Waals surface area contributed by atoms with Crippen molar-refractivity contribution in [2.24, 2.45) is 0 Å². The number of nitrogens with zero attached hydrogens (tertiary/aromatic N) is 1. The summed E-state index contributed by atoms with van der Waals surface area (Å²) in [6.45, 7) is -0.898. The van der Waals surface area contributed by atoms with Crippen LogP contribution in [-0.4, -0.2) is 11.8 Å². The number of nitrogens with two attached hydrogens (primary N) is 1. The van der Waals surface area contributed by atoms with Crippen molar-refractivity contribution in [3.8, 4) is 17.0 Å². The molecular weight excluding hydrogens is 242 g/mol. The van der Waals surface area contributed by atoms with Crippen molar-refractivity contribution < 1.29 is 18.0 Å². The van der Waals surface area contributed by atoms with E-state index in [1.54, 1.807) is 12.1 Å². The third-order valence-electron chi connectivity index (χ3n) is 2.53. The van der Waals surface area contributed by atoms with E-state index in [-0.39, 0.29) is 11.6 Å². The van der Waals surface area contributed by atoms with Gasteiger partial charge in [-0.3, -0.25) is 0 Å². The number of halogens is 2. The highest BCUT2D eigenvalue weighted by Crippen LogP contribution is 2.28. The van der Waals surface area contributed by atoms with Crippen LogP contribution in [0.5, 0.6) is 5.75 Å². The Morgan fingerprint density at radius 1 is 1.33 bits per heavy atom. The number of rotatable bonds is 4. The molecule has 18 heavy (non-hydrogen) atoms. The number of anilines is 1. The Morgan fingerprint density at radius 2 is 2.00 bits per heavy atom.